The quantitative estimate of drug-likeness (QED) is 0.715. The van der Waals surface area contributed by atoms with Gasteiger partial charge in [-0.2, -0.15) is 0 Å². The van der Waals surface area contributed by atoms with Crippen LogP contribution in [0.15, 0.2) is 24.5 Å². The zero-order valence-corrected chi connectivity index (χ0v) is 10.7. The first-order valence-electron chi connectivity index (χ1n) is 5.72. The van der Waals surface area contributed by atoms with Gasteiger partial charge in [-0.05, 0) is 25.1 Å². The molecule has 2 aromatic rings. The summed E-state index contributed by atoms with van der Waals surface area (Å²) in [7, 11) is 1.83. The van der Waals surface area contributed by atoms with E-state index in [0.717, 1.165) is 0 Å². The molecule has 1 atom stereocenters. The standard InChI is InChI=1S/C12H15N5O2/c1-7(11-16-14-6-17(11)2)15-10-4-3-8(13)5-9(10)12(18)19/h3-7,15H,13H2,1-2H3,(H,18,19). The molecule has 0 saturated carbocycles. The minimum atomic E-state index is -1.03. The maximum absolute atomic E-state index is 11.2. The van der Waals surface area contributed by atoms with E-state index in [1.807, 2.05) is 14.0 Å². The number of nitrogens with zero attached hydrogens (tertiary/aromatic N) is 3. The smallest absolute Gasteiger partial charge is 0.337 e. The average Bonchev–Trinajstić information content (AvgIpc) is 2.77. The third kappa shape index (κ3) is 2.65. The lowest BCUT2D eigenvalue weighted by Crippen LogP contribution is -2.14. The van der Waals surface area contributed by atoms with E-state index in [0.29, 0.717) is 17.2 Å². The van der Waals surface area contributed by atoms with Crippen molar-refractivity contribution in [1.82, 2.24) is 14.8 Å². The molecule has 0 amide bonds. The van der Waals surface area contributed by atoms with Gasteiger partial charge >= 0.3 is 5.97 Å². The number of rotatable bonds is 4. The van der Waals surface area contributed by atoms with Crippen LogP contribution in [-0.4, -0.2) is 25.8 Å². The normalized spacial score (nSPS) is 12.1. The number of aromatic nitrogens is 3. The van der Waals surface area contributed by atoms with Crippen molar-refractivity contribution in [3.05, 3.63) is 35.9 Å². The number of hydrogen-bond acceptors (Lipinski definition) is 5. The Morgan fingerprint density at radius 1 is 1.53 bits per heavy atom. The fraction of sp³-hybridized carbons (Fsp3) is 0.250. The van der Waals surface area contributed by atoms with E-state index < -0.39 is 5.97 Å². The van der Waals surface area contributed by atoms with E-state index in [-0.39, 0.29) is 11.6 Å². The van der Waals surface area contributed by atoms with Crippen LogP contribution in [0.5, 0.6) is 0 Å². The maximum atomic E-state index is 11.2. The van der Waals surface area contributed by atoms with Crippen LogP contribution in [-0.2, 0) is 7.05 Å². The molecule has 1 aromatic carbocycles. The molecular formula is C12H15N5O2. The molecule has 0 fully saturated rings. The first-order chi connectivity index (χ1) is 8.99. The van der Waals surface area contributed by atoms with Gasteiger partial charge in [-0.15, -0.1) is 10.2 Å². The van der Waals surface area contributed by atoms with Crippen LogP contribution in [0.4, 0.5) is 11.4 Å². The minimum Gasteiger partial charge on any atom is -0.478 e. The molecule has 1 aromatic heterocycles. The van der Waals surface area contributed by atoms with Crippen LogP contribution in [0.2, 0.25) is 0 Å². The molecule has 1 unspecified atom stereocenters. The number of carboxylic acid groups (broad SMARTS) is 1. The second-order valence-electron chi connectivity index (χ2n) is 4.28. The van der Waals surface area contributed by atoms with Crippen molar-refractivity contribution in [2.24, 2.45) is 7.05 Å². The molecule has 7 nitrogen and oxygen atoms in total. The Balaban J connectivity index is 2.29. The van der Waals surface area contributed by atoms with E-state index in [4.69, 9.17) is 10.8 Å². The molecular weight excluding hydrogens is 246 g/mol. The number of hydrogen-bond donors (Lipinski definition) is 3. The largest absolute Gasteiger partial charge is 0.478 e. The highest BCUT2D eigenvalue weighted by Crippen LogP contribution is 2.23. The lowest BCUT2D eigenvalue weighted by molar-refractivity contribution is 0.0698. The highest BCUT2D eigenvalue weighted by atomic mass is 16.4. The van der Waals surface area contributed by atoms with E-state index in [2.05, 4.69) is 15.5 Å². The second-order valence-corrected chi connectivity index (χ2v) is 4.28. The van der Waals surface area contributed by atoms with Crippen molar-refractivity contribution in [2.45, 2.75) is 13.0 Å². The summed E-state index contributed by atoms with van der Waals surface area (Å²) in [4.78, 5) is 11.2. The number of carbonyl (C=O) groups is 1. The lowest BCUT2D eigenvalue weighted by atomic mass is 10.1. The number of benzene rings is 1. The monoisotopic (exact) mass is 261 g/mol. The number of aromatic carboxylic acids is 1. The summed E-state index contributed by atoms with van der Waals surface area (Å²) in [6, 6.07) is 4.55. The van der Waals surface area contributed by atoms with E-state index in [9.17, 15) is 4.79 Å². The number of nitrogen functional groups attached to an aromatic ring is 1. The van der Waals surface area contributed by atoms with Gasteiger partial charge in [-0.1, -0.05) is 0 Å². The number of nitrogens with one attached hydrogen (secondary N) is 1. The number of aryl methyl sites for hydroxylation is 1. The van der Waals surface area contributed by atoms with E-state index in [1.165, 1.54) is 6.07 Å². The zero-order valence-electron chi connectivity index (χ0n) is 10.7. The van der Waals surface area contributed by atoms with Crippen LogP contribution in [0.1, 0.15) is 29.1 Å². The molecule has 0 bridgehead atoms. The van der Waals surface area contributed by atoms with Crippen molar-refractivity contribution in [3.8, 4) is 0 Å². The predicted molar refractivity (Wildman–Crippen MR) is 70.9 cm³/mol. The van der Waals surface area contributed by atoms with Crippen molar-refractivity contribution in [2.75, 3.05) is 11.1 Å². The van der Waals surface area contributed by atoms with Crippen LogP contribution in [0, 0.1) is 0 Å². The van der Waals surface area contributed by atoms with E-state index in [1.54, 1.807) is 23.0 Å². The average molecular weight is 261 g/mol. The van der Waals surface area contributed by atoms with Crippen molar-refractivity contribution in [1.29, 1.82) is 0 Å². The van der Waals surface area contributed by atoms with Crippen LogP contribution < -0.4 is 11.1 Å². The molecule has 0 spiro atoms. The number of nitrogens with two attached hydrogens (primary N) is 1. The fourth-order valence-electron chi connectivity index (χ4n) is 1.85. The topological polar surface area (TPSA) is 106 Å². The molecule has 100 valence electrons. The van der Waals surface area contributed by atoms with Crippen molar-refractivity contribution < 1.29 is 9.90 Å². The Morgan fingerprint density at radius 3 is 2.84 bits per heavy atom. The number of anilines is 2. The molecule has 0 aliphatic heterocycles. The molecule has 19 heavy (non-hydrogen) atoms. The van der Waals surface area contributed by atoms with Gasteiger partial charge in [0, 0.05) is 18.4 Å². The first-order valence-corrected chi connectivity index (χ1v) is 5.72. The highest BCUT2D eigenvalue weighted by molar-refractivity contribution is 5.95. The number of carboxylic acids is 1. The van der Waals surface area contributed by atoms with Crippen molar-refractivity contribution >= 4 is 17.3 Å². The summed E-state index contributed by atoms with van der Waals surface area (Å²) >= 11 is 0. The maximum Gasteiger partial charge on any atom is 0.337 e. The summed E-state index contributed by atoms with van der Waals surface area (Å²) in [5, 5.41) is 20.0. The molecule has 7 heteroatoms. The molecule has 0 radical (unpaired) electrons. The summed E-state index contributed by atoms with van der Waals surface area (Å²) < 4.78 is 1.77. The summed E-state index contributed by atoms with van der Waals surface area (Å²) in [5.41, 5.74) is 6.64. The zero-order chi connectivity index (χ0) is 14.0. The Labute approximate surface area is 110 Å². The fourth-order valence-corrected chi connectivity index (χ4v) is 1.85. The molecule has 4 N–H and O–H groups in total. The first kappa shape index (κ1) is 12.9. The summed E-state index contributed by atoms with van der Waals surface area (Å²) in [6.45, 7) is 1.88. The van der Waals surface area contributed by atoms with Gasteiger partial charge in [0.2, 0.25) is 0 Å². The molecule has 2 rings (SSSR count). The minimum absolute atomic E-state index is 0.133. The van der Waals surface area contributed by atoms with Gasteiger partial charge in [-0.3, -0.25) is 0 Å². The van der Waals surface area contributed by atoms with Crippen LogP contribution in [0.25, 0.3) is 0 Å². The van der Waals surface area contributed by atoms with Gasteiger partial charge in [0.15, 0.2) is 5.82 Å². The SMILES string of the molecule is CC(Nc1ccc(N)cc1C(=O)O)c1nncn1C. The van der Waals surface area contributed by atoms with Crippen LogP contribution >= 0.6 is 0 Å². The molecule has 0 saturated heterocycles. The Kier molecular flexibility index (Phi) is 3.37. The Bertz CT molecular complexity index is 608. The third-order valence-corrected chi connectivity index (χ3v) is 2.78. The van der Waals surface area contributed by atoms with Gasteiger partial charge in [0.1, 0.15) is 6.33 Å². The highest BCUT2D eigenvalue weighted by Gasteiger charge is 2.16. The predicted octanol–water partition coefficient (Wildman–Crippen LogP) is 1.27. The third-order valence-electron chi connectivity index (χ3n) is 2.78. The van der Waals surface area contributed by atoms with Crippen molar-refractivity contribution in [3.63, 3.8) is 0 Å². The summed E-state index contributed by atoms with van der Waals surface area (Å²) in [5.74, 6) is -0.312. The van der Waals surface area contributed by atoms with E-state index >= 15 is 0 Å². The Hall–Kier alpha value is -2.57. The van der Waals surface area contributed by atoms with Crippen LogP contribution in [0.3, 0.4) is 0 Å². The molecule has 0 aliphatic carbocycles. The van der Waals surface area contributed by atoms with Gasteiger partial charge < -0.3 is 20.7 Å². The second kappa shape index (κ2) is 4.97. The Morgan fingerprint density at radius 2 is 2.26 bits per heavy atom. The summed E-state index contributed by atoms with van der Waals surface area (Å²) in [6.07, 6.45) is 1.59. The lowest BCUT2D eigenvalue weighted by Gasteiger charge is -2.16. The molecule has 0 aliphatic rings. The van der Waals surface area contributed by atoms with Gasteiger partial charge in [-0.25, -0.2) is 4.79 Å². The van der Waals surface area contributed by atoms with Gasteiger partial charge in [0.25, 0.3) is 0 Å². The molecule has 1 heterocycles. The van der Waals surface area contributed by atoms with Gasteiger partial charge in [0.05, 0.1) is 11.6 Å².